The number of rotatable bonds is 12. The second kappa shape index (κ2) is 13.3. The summed E-state index contributed by atoms with van der Waals surface area (Å²) in [5.74, 6) is 0.545. The molecule has 0 aliphatic carbocycles. The van der Waals surface area contributed by atoms with Crippen LogP contribution in [0.3, 0.4) is 0 Å². The lowest BCUT2D eigenvalue weighted by atomic mass is 9.98. The zero-order valence-electron chi connectivity index (χ0n) is 23.1. The molecule has 0 fully saturated rings. The number of ether oxygens (including phenoxy) is 2. The van der Waals surface area contributed by atoms with Gasteiger partial charge in [-0.3, -0.25) is 9.59 Å². The molecule has 2 amide bonds. The van der Waals surface area contributed by atoms with Gasteiger partial charge in [0, 0.05) is 58.3 Å². The van der Waals surface area contributed by atoms with E-state index < -0.39 is 0 Å². The molecule has 2 N–H and O–H groups in total. The number of anilines is 1. The number of hydrogen-bond acceptors (Lipinski definition) is 5. The van der Waals surface area contributed by atoms with Crippen molar-refractivity contribution in [3.05, 3.63) is 101 Å². The molecule has 0 unspecified atom stereocenters. The summed E-state index contributed by atoms with van der Waals surface area (Å²) in [6.07, 6.45) is 5.35. The van der Waals surface area contributed by atoms with Crippen molar-refractivity contribution in [2.75, 3.05) is 39.4 Å². The SMILES string of the molecule is COC[C@H](Cc1ccccc1)NC(=O)C1=CN(C)c2c(c(C(=O)N[C@H](COC)Cc3ccccc3)cn2C)C1. The van der Waals surface area contributed by atoms with Gasteiger partial charge in [0.25, 0.3) is 5.91 Å². The summed E-state index contributed by atoms with van der Waals surface area (Å²) in [5, 5.41) is 6.29. The average Bonchev–Trinajstić information content (AvgIpc) is 3.27. The molecule has 2 aromatic carbocycles. The third-order valence-corrected chi connectivity index (χ3v) is 6.89. The molecular formula is C31H38N4O4. The van der Waals surface area contributed by atoms with Gasteiger partial charge >= 0.3 is 0 Å². The number of benzene rings is 2. The van der Waals surface area contributed by atoms with Crippen LogP contribution in [-0.4, -0.2) is 62.9 Å². The number of aromatic nitrogens is 1. The van der Waals surface area contributed by atoms with Crippen LogP contribution in [0.25, 0.3) is 0 Å². The van der Waals surface area contributed by atoms with Crippen molar-refractivity contribution in [3.8, 4) is 0 Å². The Hall–Kier alpha value is -3.88. The Morgan fingerprint density at radius 2 is 1.33 bits per heavy atom. The van der Waals surface area contributed by atoms with E-state index in [-0.39, 0.29) is 23.9 Å². The predicted octanol–water partition coefficient (Wildman–Crippen LogP) is 3.26. The van der Waals surface area contributed by atoms with E-state index >= 15 is 0 Å². The molecule has 1 aliphatic heterocycles. The van der Waals surface area contributed by atoms with E-state index in [1.165, 1.54) is 0 Å². The van der Waals surface area contributed by atoms with Gasteiger partial charge in [0.1, 0.15) is 5.82 Å². The highest BCUT2D eigenvalue weighted by Crippen LogP contribution is 2.32. The fourth-order valence-electron chi connectivity index (χ4n) is 5.21. The molecule has 0 saturated carbocycles. The van der Waals surface area contributed by atoms with Crippen molar-refractivity contribution in [3.63, 3.8) is 0 Å². The Morgan fingerprint density at radius 1 is 0.821 bits per heavy atom. The molecule has 2 atom stereocenters. The molecular weight excluding hydrogens is 492 g/mol. The van der Waals surface area contributed by atoms with Crippen molar-refractivity contribution < 1.29 is 19.1 Å². The van der Waals surface area contributed by atoms with E-state index in [0.717, 1.165) is 22.5 Å². The van der Waals surface area contributed by atoms with Gasteiger partial charge in [-0.05, 0) is 24.0 Å². The second-order valence-corrected chi connectivity index (χ2v) is 10.0. The second-order valence-electron chi connectivity index (χ2n) is 10.0. The topological polar surface area (TPSA) is 84.8 Å². The van der Waals surface area contributed by atoms with Gasteiger partial charge in [-0.25, -0.2) is 0 Å². The van der Waals surface area contributed by atoms with Crippen LogP contribution < -0.4 is 15.5 Å². The monoisotopic (exact) mass is 530 g/mol. The summed E-state index contributed by atoms with van der Waals surface area (Å²) in [5.41, 5.74) is 4.23. The van der Waals surface area contributed by atoms with Crippen molar-refractivity contribution in [1.29, 1.82) is 0 Å². The minimum absolute atomic E-state index is 0.165. The Balaban J connectivity index is 1.49. The molecule has 1 aromatic heterocycles. The summed E-state index contributed by atoms with van der Waals surface area (Å²) in [6.45, 7) is 0.793. The fourth-order valence-corrected chi connectivity index (χ4v) is 5.21. The van der Waals surface area contributed by atoms with Gasteiger partial charge in [-0.2, -0.15) is 0 Å². The molecule has 1 aliphatic rings. The number of nitrogens with one attached hydrogen (secondary N) is 2. The molecule has 206 valence electrons. The first kappa shape index (κ1) is 28.1. The predicted molar refractivity (Wildman–Crippen MR) is 153 cm³/mol. The normalized spacial score (nSPS) is 14.3. The third kappa shape index (κ3) is 7.16. The van der Waals surface area contributed by atoms with E-state index in [1.54, 1.807) is 14.2 Å². The quantitative estimate of drug-likeness (QED) is 0.376. The Kier molecular flexibility index (Phi) is 9.57. The number of hydrogen-bond donors (Lipinski definition) is 2. The lowest BCUT2D eigenvalue weighted by Crippen LogP contribution is -2.42. The van der Waals surface area contributed by atoms with Crippen LogP contribution in [0.5, 0.6) is 0 Å². The number of carbonyl (C=O) groups is 2. The Bertz CT molecular complexity index is 1290. The molecule has 8 nitrogen and oxygen atoms in total. The standard InChI is InChI=1S/C31H38N4O4/c1-34-18-24(29(36)32-25(20-38-3)15-22-11-7-5-8-12-22)17-27-28(19-35(2)31(27)34)30(37)33-26(21-39-4)16-23-13-9-6-10-14-23/h5-14,18-19,25-26H,15-17,20-21H2,1-4H3,(H,32,36)(H,33,37)/t25-,26-/m0/s1. The zero-order chi connectivity index (χ0) is 27.8. The van der Waals surface area contributed by atoms with Crippen LogP contribution in [0.4, 0.5) is 5.82 Å². The largest absolute Gasteiger partial charge is 0.383 e. The Labute approximate surface area is 230 Å². The maximum absolute atomic E-state index is 13.5. The van der Waals surface area contributed by atoms with Crippen molar-refractivity contribution in [1.82, 2.24) is 15.2 Å². The van der Waals surface area contributed by atoms with E-state index in [9.17, 15) is 9.59 Å². The first-order valence-electron chi connectivity index (χ1n) is 13.2. The van der Waals surface area contributed by atoms with Crippen LogP contribution in [0.2, 0.25) is 0 Å². The third-order valence-electron chi connectivity index (χ3n) is 6.89. The smallest absolute Gasteiger partial charge is 0.253 e. The lowest BCUT2D eigenvalue weighted by molar-refractivity contribution is -0.118. The summed E-state index contributed by atoms with van der Waals surface area (Å²) in [7, 11) is 7.07. The molecule has 4 rings (SSSR count). The first-order chi connectivity index (χ1) is 18.9. The maximum atomic E-state index is 13.5. The van der Waals surface area contributed by atoms with Gasteiger partial charge < -0.3 is 29.6 Å². The summed E-state index contributed by atoms with van der Waals surface area (Å²) in [6, 6.07) is 19.7. The number of aryl methyl sites for hydroxylation is 1. The van der Waals surface area contributed by atoms with Crippen LogP contribution in [-0.2, 0) is 40.6 Å². The zero-order valence-corrected chi connectivity index (χ0v) is 23.1. The minimum Gasteiger partial charge on any atom is -0.383 e. The van der Waals surface area contributed by atoms with Crippen LogP contribution in [0.15, 0.2) is 78.6 Å². The number of methoxy groups -OCH3 is 2. The molecule has 0 spiro atoms. The van der Waals surface area contributed by atoms with Gasteiger partial charge in [0.15, 0.2) is 0 Å². The van der Waals surface area contributed by atoms with Crippen LogP contribution >= 0.6 is 0 Å². The summed E-state index contributed by atoms with van der Waals surface area (Å²) < 4.78 is 12.7. The molecule has 39 heavy (non-hydrogen) atoms. The van der Waals surface area contributed by atoms with E-state index in [2.05, 4.69) is 10.6 Å². The van der Waals surface area contributed by atoms with Crippen LogP contribution in [0, 0.1) is 0 Å². The van der Waals surface area contributed by atoms with E-state index in [4.69, 9.17) is 9.47 Å². The molecule has 2 heterocycles. The molecule has 0 bridgehead atoms. The Morgan fingerprint density at radius 3 is 1.85 bits per heavy atom. The van der Waals surface area contributed by atoms with Gasteiger partial charge in [-0.1, -0.05) is 60.7 Å². The molecule has 3 aromatic rings. The number of fused-ring (bicyclic) bond motifs is 1. The first-order valence-corrected chi connectivity index (χ1v) is 13.2. The highest BCUT2D eigenvalue weighted by molar-refractivity contribution is 6.00. The highest BCUT2D eigenvalue weighted by Gasteiger charge is 2.29. The van der Waals surface area contributed by atoms with Gasteiger partial charge in [-0.15, -0.1) is 0 Å². The summed E-state index contributed by atoms with van der Waals surface area (Å²) in [4.78, 5) is 28.8. The number of carbonyl (C=O) groups excluding carboxylic acids is 2. The lowest BCUT2D eigenvalue weighted by Gasteiger charge is -2.26. The summed E-state index contributed by atoms with van der Waals surface area (Å²) >= 11 is 0. The maximum Gasteiger partial charge on any atom is 0.253 e. The van der Waals surface area contributed by atoms with Crippen LogP contribution in [0.1, 0.15) is 27.0 Å². The molecule has 0 saturated heterocycles. The highest BCUT2D eigenvalue weighted by atomic mass is 16.5. The average molecular weight is 531 g/mol. The van der Waals surface area contributed by atoms with Gasteiger partial charge in [0.2, 0.25) is 5.91 Å². The van der Waals surface area contributed by atoms with E-state index in [1.807, 2.05) is 96.6 Å². The molecule has 0 radical (unpaired) electrons. The van der Waals surface area contributed by atoms with Crippen molar-refractivity contribution in [2.24, 2.45) is 7.05 Å². The molecule has 8 heteroatoms. The number of nitrogens with zero attached hydrogens (tertiary/aromatic N) is 2. The van der Waals surface area contributed by atoms with Crippen molar-refractivity contribution in [2.45, 2.75) is 31.3 Å². The van der Waals surface area contributed by atoms with E-state index in [0.29, 0.717) is 43.6 Å². The fraction of sp³-hybridized carbons (Fsp3) is 0.355. The minimum atomic E-state index is -0.187. The number of amides is 2. The van der Waals surface area contributed by atoms with Gasteiger partial charge in [0.05, 0.1) is 30.9 Å². The van der Waals surface area contributed by atoms with Crippen molar-refractivity contribution >= 4 is 17.6 Å².